The molecule has 1 heterocycles. The Balaban J connectivity index is 1.55. The van der Waals surface area contributed by atoms with E-state index < -0.39 is 0 Å². The highest BCUT2D eigenvalue weighted by atomic mass is 19.1. The number of anilines is 1. The summed E-state index contributed by atoms with van der Waals surface area (Å²) in [7, 11) is 0. The molecule has 1 amide bonds. The highest BCUT2D eigenvalue weighted by Crippen LogP contribution is 2.35. The summed E-state index contributed by atoms with van der Waals surface area (Å²) in [5, 5.41) is 3.10. The fraction of sp³-hybridized carbons (Fsp3) is 0.318. The van der Waals surface area contributed by atoms with Crippen molar-refractivity contribution >= 4 is 11.6 Å². The maximum Gasteiger partial charge on any atom is 0.288 e. The third-order valence-corrected chi connectivity index (χ3v) is 5.10. The second kappa shape index (κ2) is 7.82. The van der Waals surface area contributed by atoms with Crippen LogP contribution in [0.4, 0.5) is 10.1 Å². The van der Waals surface area contributed by atoms with Gasteiger partial charge in [0.25, 0.3) is 5.91 Å². The number of hydrogen-bond donors (Lipinski definition) is 1. The van der Waals surface area contributed by atoms with Gasteiger partial charge in [-0.25, -0.2) is 4.39 Å². The van der Waals surface area contributed by atoms with E-state index in [1.165, 1.54) is 18.6 Å². The van der Waals surface area contributed by atoms with Crippen molar-refractivity contribution in [2.24, 2.45) is 0 Å². The molecule has 27 heavy (non-hydrogen) atoms. The smallest absolute Gasteiger partial charge is 0.288 e. The zero-order chi connectivity index (χ0) is 18.6. The van der Waals surface area contributed by atoms with E-state index in [4.69, 9.17) is 4.74 Å². The molecule has 0 unspecified atom stereocenters. The Morgan fingerprint density at radius 3 is 2.59 bits per heavy atom. The minimum absolute atomic E-state index is 0.180. The average molecular weight is 366 g/mol. The van der Waals surface area contributed by atoms with Crippen LogP contribution in [0.1, 0.15) is 37.7 Å². The predicted molar refractivity (Wildman–Crippen MR) is 103 cm³/mol. The van der Waals surface area contributed by atoms with Gasteiger partial charge in [0.1, 0.15) is 5.82 Å². The molecule has 1 fully saturated rings. The number of carbonyl (C=O) groups is 1. The van der Waals surface area contributed by atoms with Gasteiger partial charge in [-0.1, -0.05) is 43.5 Å². The van der Waals surface area contributed by atoms with Gasteiger partial charge in [0, 0.05) is 12.6 Å². The Labute approximate surface area is 158 Å². The number of hydrogen-bond acceptors (Lipinski definition) is 3. The first-order valence-corrected chi connectivity index (χ1v) is 9.50. The molecule has 2 aliphatic rings. The van der Waals surface area contributed by atoms with E-state index in [1.54, 1.807) is 18.3 Å². The number of ether oxygens (including phenoxy) is 1. The first-order valence-electron chi connectivity index (χ1n) is 9.50. The van der Waals surface area contributed by atoms with Crippen molar-refractivity contribution in [3.8, 4) is 5.75 Å². The van der Waals surface area contributed by atoms with Crippen LogP contribution >= 0.6 is 0 Å². The van der Waals surface area contributed by atoms with E-state index in [0.29, 0.717) is 18.1 Å². The van der Waals surface area contributed by atoms with Crippen LogP contribution in [0.3, 0.4) is 0 Å². The van der Waals surface area contributed by atoms with E-state index >= 15 is 0 Å². The molecule has 5 heteroatoms. The number of rotatable bonds is 4. The summed E-state index contributed by atoms with van der Waals surface area (Å²) in [6.07, 6.45) is 7.34. The lowest BCUT2D eigenvalue weighted by Crippen LogP contribution is -2.39. The summed E-state index contributed by atoms with van der Waals surface area (Å²) in [5.41, 5.74) is 1.84. The zero-order valence-corrected chi connectivity index (χ0v) is 15.2. The van der Waals surface area contributed by atoms with Crippen molar-refractivity contribution in [2.45, 2.75) is 44.7 Å². The predicted octanol–water partition coefficient (Wildman–Crippen LogP) is 4.52. The number of nitrogens with zero attached hydrogens (tertiary/aromatic N) is 1. The largest absolute Gasteiger partial charge is 0.448 e. The molecule has 1 aliphatic heterocycles. The molecule has 0 saturated heterocycles. The lowest BCUT2D eigenvalue weighted by Gasteiger charge is -2.30. The van der Waals surface area contributed by atoms with Gasteiger partial charge < -0.3 is 15.0 Å². The van der Waals surface area contributed by atoms with Gasteiger partial charge in [0.05, 0.1) is 11.9 Å². The normalized spacial score (nSPS) is 16.9. The summed E-state index contributed by atoms with van der Waals surface area (Å²) in [4.78, 5) is 14.7. The molecule has 0 spiro atoms. The van der Waals surface area contributed by atoms with E-state index in [2.05, 4.69) is 5.32 Å². The van der Waals surface area contributed by atoms with Crippen LogP contribution in [0.15, 0.2) is 60.5 Å². The maximum absolute atomic E-state index is 13.2. The molecule has 2 aromatic carbocycles. The minimum Gasteiger partial charge on any atom is -0.448 e. The summed E-state index contributed by atoms with van der Waals surface area (Å²) >= 11 is 0. The highest BCUT2D eigenvalue weighted by molar-refractivity contribution is 5.93. The highest BCUT2D eigenvalue weighted by Gasteiger charge is 2.25. The van der Waals surface area contributed by atoms with Gasteiger partial charge in [0.15, 0.2) is 5.75 Å². The monoisotopic (exact) mass is 366 g/mol. The summed E-state index contributed by atoms with van der Waals surface area (Å²) in [5.74, 6) is 0.502. The van der Waals surface area contributed by atoms with Gasteiger partial charge in [-0.2, -0.15) is 0 Å². The van der Waals surface area contributed by atoms with E-state index in [1.807, 2.05) is 29.2 Å². The molecule has 1 saturated carbocycles. The van der Waals surface area contributed by atoms with Crippen LogP contribution < -0.4 is 15.0 Å². The number of para-hydroxylation sites is 2. The third kappa shape index (κ3) is 4.13. The number of amides is 1. The molecule has 1 N–H and O–H groups in total. The summed E-state index contributed by atoms with van der Waals surface area (Å²) < 4.78 is 19.1. The standard InChI is InChI=1S/C22H23FN2O2/c23-17-12-10-16(11-13-17)14-25-15-21(27-20-9-5-4-8-19(20)25)22(26)24-18-6-2-1-3-7-18/h4-5,8-13,15,18H,1-3,6-7,14H2,(H,24,26). The van der Waals surface area contributed by atoms with Crippen molar-refractivity contribution in [1.82, 2.24) is 5.32 Å². The second-order valence-corrected chi connectivity index (χ2v) is 7.13. The Hall–Kier alpha value is -2.82. The van der Waals surface area contributed by atoms with Gasteiger partial charge in [-0.3, -0.25) is 4.79 Å². The van der Waals surface area contributed by atoms with Crippen molar-refractivity contribution in [1.29, 1.82) is 0 Å². The lowest BCUT2D eigenvalue weighted by atomic mass is 9.95. The number of fused-ring (bicyclic) bond motifs is 1. The van der Waals surface area contributed by atoms with Crippen LogP contribution in [-0.4, -0.2) is 11.9 Å². The molecule has 4 rings (SSSR count). The zero-order valence-electron chi connectivity index (χ0n) is 15.2. The van der Waals surface area contributed by atoms with Gasteiger partial charge in [-0.05, 0) is 42.7 Å². The quantitative estimate of drug-likeness (QED) is 0.865. The first kappa shape index (κ1) is 17.6. The molecule has 0 bridgehead atoms. The molecular formula is C22H23FN2O2. The van der Waals surface area contributed by atoms with Crippen molar-refractivity contribution in [3.63, 3.8) is 0 Å². The van der Waals surface area contributed by atoms with Crippen LogP contribution in [0.2, 0.25) is 0 Å². The SMILES string of the molecule is O=C(NC1CCCCC1)C1=CN(Cc2ccc(F)cc2)c2ccccc2O1. The van der Waals surface area contributed by atoms with Crippen LogP contribution in [0.25, 0.3) is 0 Å². The fourth-order valence-corrected chi connectivity index (χ4v) is 3.66. The van der Waals surface area contributed by atoms with Gasteiger partial charge in [-0.15, -0.1) is 0 Å². The average Bonchev–Trinajstić information content (AvgIpc) is 2.70. The molecule has 0 aromatic heterocycles. The van der Waals surface area contributed by atoms with Crippen molar-refractivity contribution < 1.29 is 13.9 Å². The van der Waals surface area contributed by atoms with Crippen molar-refractivity contribution in [3.05, 3.63) is 71.9 Å². The minimum atomic E-state index is -0.260. The van der Waals surface area contributed by atoms with Crippen LogP contribution in [0.5, 0.6) is 5.75 Å². The number of benzene rings is 2. The first-order chi connectivity index (χ1) is 13.2. The number of carbonyl (C=O) groups excluding carboxylic acids is 1. The third-order valence-electron chi connectivity index (χ3n) is 5.10. The maximum atomic E-state index is 13.2. The molecule has 140 valence electrons. The molecule has 4 nitrogen and oxygen atoms in total. The molecule has 0 atom stereocenters. The Morgan fingerprint density at radius 1 is 1.07 bits per heavy atom. The number of nitrogens with one attached hydrogen (secondary N) is 1. The topological polar surface area (TPSA) is 41.6 Å². The fourth-order valence-electron chi connectivity index (χ4n) is 3.66. The number of halogens is 1. The van der Waals surface area contributed by atoms with Crippen LogP contribution in [-0.2, 0) is 11.3 Å². The molecular weight excluding hydrogens is 343 g/mol. The van der Waals surface area contributed by atoms with Crippen LogP contribution in [0, 0.1) is 5.82 Å². The Bertz CT molecular complexity index is 842. The molecule has 2 aromatic rings. The van der Waals surface area contributed by atoms with Gasteiger partial charge in [0.2, 0.25) is 5.76 Å². The second-order valence-electron chi connectivity index (χ2n) is 7.13. The summed E-state index contributed by atoms with van der Waals surface area (Å²) in [6, 6.07) is 14.2. The lowest BCUT2D eigenvalue weighted by molar-refractivity contribution is -0.120. The van der Waals surface area contributed by atoms with E-state index in [-0.39, 0.29) is 17.8 Å². The van der Waals surface area contributed by atoms with Crippen molar-refractivity contribution in [2.75, 3.05) is 4.90 Å². The summed E-state index contributed by atoms with van der Waals surface area (Å²) in [6.45, 7) is 0.529. The van der Waals surface area contributed by atoms with E-state index in [9.17, 15) is 9.18 Å². The molecule has 1 aliphatic carbocycles. The Kier molecular flexibility index (Phi) is 5.10. The van der Waals surface area contributed by atoms with E-state index in [0.717, 1.165) is 36.9 Å². The Morgan fingerprint density at radius 2 is 1.81 bits per heavy atom. The van der Waals surface area contributed by atoms with Gasteiger partial charge >= 0.3 is 0 Å². The molecule has 0 radical (unpaired) electrons.